The molecule has 1 amide bonds. The number of benzene rings is 2. The number of ether oxygens (including phenoxy) is 2. The summed E-state index contributed by atoms with van der Waals surface area (Å²) < 4.78 is 11.4. The smallest absolute Gasteiger partial charge is 0.242 e. The summed E-state index contributed by atoms with van der Waals surface area (Å²) in [5.41, 5.74) is 1.79. The van der Waals surface area contributed by atoms with E-state index in [1.807, 2.05) is 49.4 Å². The van der Waals surface area contributed by atoms with E-state index in [0.717, 1.165) is 21.3 Å². The van der Waals surface area contributed by atoms with Crippen molar-refractivity contribution in [3.63, 3.8) is 0 Å². The summed E-state index contributed by atoms with van der Waals surface area (Å²) in [4.78, 5) is 14.2. The molecule has 28 heavy (non-hydrogen) atoms. The molecule has 0 saturated carbocycles. The average molecular weight is 462 g/mol. The SMILES string of the molecule is COc1ccc(CN2C(=O)[C@H](C)S/C2=N/N=C\c2cc(Br)ccc2OC)cc1. The highest BCUT2D eigenvalue weighted by atomic mass is 79.9. The van der Waals surface area contributed by atoms with E-state index in [9.17, 15) is 4.79 Å². The van der Waals surface area contributed by atoms with E-state index in [1.165, 1.54) is 11.8 Å². The summed E-state index contributed by atoms with van der Waals surface area (Å²) >= 11 is 4.84. The molecule has 1 fully saturated rings. The number of amides is 1. The Morgan fingerprint density at radius 1 is 1.18 bits per heavy atom. The second-order valence-corrected chi connectivity index (χ2v) is 8.27. The maximum atomic E-state index is 12.5. The van der Waals surface area contributed by atoms with Crippen LogP contribution in [0.15, 0.2) is 57.1 Å². The molecule has 0 aliphatic carbocycles. The lowest BCUT2D eigenvalue weighted by molar-refractivity contribution is -0.126. The maximum absolute atomic E-state index is 12.5. The van der Waals surface area contributed by atoms with Gasteiger partial charge in [-0.05, 0) is 42.8 Å². The van der Waals surface area contributed by atoms with Crippen molar-refractivity contribution in [1.29, 1.82) is 0 Å². The quantitative estimate of drug-likeness (QED) is 0.474. The van der Waals surface area contributed by atoms with E-state index in [1.54, 1.807) is 25.3 Å². The third-order valence-corrected chi connectivity index (χ3v) is 5.72. The number of carbonyl (C=O) groups excluding carboxylic acids is 1. The van der Waals surface area contributed by atoms with Crippen LogP contribution in [0.2, 0.25) is 0 Å². The van der Waals surface area contributed by atoms with Gasteiger partial charge in [-0.15, -0.1) is 5.10 Å². The Labute approximate surface area is 176 Å². The van der Waals surface area contributed by atoms with Crippen molar-refractivity contribution >= 4 is 45.0 Å². The first-order valence-corrected chi connectivity index (χ1v) is 10.2. The van der Waals surface area contributed by atoms with Crippen LogP contribution in [0.3, 0.4) is 0 Å². The Morgan fingerprint density at radius 3 is 2.61 bits per heavy atom. The zero-order valence-electron chi connectivity index (χ0n) is 15.8. The first-order chi connectivity index (χ1) is 13.5. The summed E-state index contributed by atoms with van der Waals surface area (Å²) in [5.74, 6) is 1.50. The highest BCUT2D eigenvalue weighted by Crippen LogP contribution is 2.29. The second-order valence-electron chi connectivity index (χ2n) is 6.05. The number of rotatable bonds is 6. The molecule has 2 aromatic carbocycles. The molecule has 0 N–H and O–H groups in total. The van der Waals surface area contributed by atoms with Gasteiger partial charge in [0.05, 0.1) is 32.2 Å². The Bertz CT molecular complexity index is 915. The predicted octanol–water partition coefficient (Wildman–Crippen LogP) is 4.32. The molecule has 0 aromatic heterocycles. The van der Waals surface area contributed by atoms with Gasteiger partial charge in [0.15, 0.2) is 5.17 Å². The molecule has 1 heterocycles. The molecule has 0 radical (unpaired) electrons. The van der Waals surface area contributed by atoms with Crippen LogP contribution in [-0.2, 0) is 11.3 Å². The average Bonchev–Trinajstić information content (AvgIpc) is 2.96. The van der Waals surface area contributed by atoms with Gasteiger partial charge in [0, 0.05) is 10.0 Å². The van der Waals surface area contributed by atoms with Crippen LogP contribution >= 0.6 is 27.7 Å². The van der Waals surface area contributed by atoms with Crippen LogP contribution in [-0.4, -0.2) is 41.7 Å². The van der Waals surface area contributed by atoms with E-state index < -0.39 is 0 Å². The fourth-order valence-corrected chi connectivity index (χ4v) is 3.97. The molecule has 1 saturated heterocycles. The molecule has 3 rings (SSSR count). The zero-order valence-corrected chi connectivity index (χ0v) is 18.2. The number of thioether (sulfide) groups is 1. The van der Waals surface area contributed by atoms with Gasteiger partial charge in [0.1, 0.15) is 11.5 Å². The lowest BCUT2D eigenvalue weighted by atomic mass is 10.2. The van der Waals surface area contributed by atoms with E-state index in [0.29, 0.717) is 17.5 Å². The first-order valence-electron chi connectivity index (χ1n) is 8.57. The van der Waals surface area contributed by atoms with Crippen LogP contribution in [0.1, 0.15) is 18.1 Å². The van der Waals surface area contributed by atoms with Crippen LogP contribution in [0.5, 0.6) is 11.5 Å². The summed E-state index contributed by atoms with van der Waals surface area (Å²) in [5, 5.41) is 8.88. The summed E-state index contributed by atoms with van der Waals surface area (Å²) in [7, 11) is 3.23. The number of nitrogens with zero attached hydrogens (tertiary/aromatic N) is 3. The summed E-state index contributed by atoms with van der Waals surface area (Å²) in [6.07, 6.45) is 1.62. The van der Waals surface area contributed by atoms with Gasteiger partial charge >= 0.3 is 0 Å². The number of hydrogen-bond donors (Lipinski definition) is 0. The van der Waals surface area contributed by atoms with E-state index >= 15 is 0 Å². The van der Waals surface area contributed by atoms with Crippen molar-refractivity contribution in [2.75, 3.05) is 14.2 Å². The molecular weight excluding hydrogens is 442 g/mol. The topological polar surface area (TPSA) is 63.5 Å². The van der Waals surface area contributed by atoms with Crippen LogP contribution in [0.25, 0.3) is 0 Å². The van der Waals surface area contributed by atoms with Crippen molar-refractivity contribution < 1.29 is 14.3 Å². The Balaban J connectivity index is 1.80. The van der Waals surface area contributed by atoms with E-state index in [4.69, 9.17) is 9.47 Å². The summed E-state index contributed by atoms with van der Waals surface area (Å²) in [6.45, 7) is 2.31. The van der Waals surface area contributed by atoms with Gasteiger partial charge in [0.25, 0.3) is 0 Å². The van der Waals surface area contributed by atoms with Crippen LogP contribution in [0.4, 0.5) is 0 Å². The van der Waals surface area contributed by atoms with Gasteiger partial charge in [0.2, 0.25) is 5.91 Å². The minimum Gasteiger partial charge on any atom is -0.497 e. The minimum absolute atomic E-state index is 0.0230. The van der Waals surface area contributed by atoms with Gasteiger partial charge in [-0.1, -0.05) is 39.8 Å². The summed E-state index contributed by atoms with van der Waals surface area (Å²) in [6, 6.07) is 13.3. The molecule has 0 spiro atoms. The Hall–Kier alpha value is -2.32. The fraction of sp³-hybridized carbons (Fsp3) is 0.250. The number of hydrogen-bond acceptors (Lipinski definition) is 6. The highest BCUT2D eigenvalue weighted by molar-refractivity contribution is 9.10. The van der Waals surface area contributed by atoms with Crippen LogP contribution < -0.4 is 9.47 Å². The lowest BCUT2D eigenvalue weighted by Gasteiger charge is -2.15. The molecule has 1 aliphatic heterocycles. The first kappa shape index (κ1) is 20.4. The van der Waals surface area contributed by atoms with Gasteiger partial charge in [-0.3, -0.25) is 9.69 Å². The van der Waals surface area contributed by atoms with Gasteiger partial charge < -0.3 is 9.47 Å². The Morgan fingerprint density at radius 2 is 1.93 bits per heavy atom. The standard InChI is InChI=1S/C20H20BrN3O3S/c1-13-19(25)24(12-14-4-7-17(26-2)8-5-14)20(28-13)23-22-11-15-10-16(21)6-9-18(15)27-3/h4-11,13H,12H2,1-3H3/b22-11-,23-20+/t13-/m0/s1. The van der Waals surface area contributed by atoms with Crippen molar-refractivity contribution in [3.05, 3.63) is 58.1 Å². The molecule has 8 heteroatoms. The molecule has 146 valence electrons. The second kappa shape index (κ2) is 9.25. The lowest BCUT2D eigenvalue weighted by Crippen LogP contribution is -2.30. The molecule has 1 aliphatic rings. The van der Waals surface area contributed by atoms with Crippen molar-refractivity contribution in [2.24, 2.45) is 10.2 Å². The van der Waals surface area contributed by atoms with Gasteiger partial charge in [-0.25, -0.2) is 0 Å². The number of amidine groups is 1. The normalized spacial score (nSPS) is 18.3. The largest absolute Gasteiger partial charge is 0.497 e. The number of halogens is 1. The predicted molar refractivity (Wildman–Crippen MR) is 116 cm³/mol. The molecule has 0 unspecified atom stereocenters. The fourth-order valence-electron chi connectivity index (χ4n) is 2.67. The molecule has 2 aromatic rings. The molecule has 1 atom stereocenters. The monoisotopic (exact) mass is 461 g/mol. The maximum Gasteiger partial charge on any atom is 0.242 e. The zero-order chi connectivity index (χ0) is 20.1. The van der Waals surface area contributed by atoms with Crippen LogP contribution in [0, 0.1) is 0 Å². The van der Waals surface area contributed by atoms with Crippen molar-refractivity contribution in [3.8, 4) is 11.5 Å². The molecule has 0 bridgehead atoms. The third-order valence-electron chi connectivity index (χ3n) is 4.16. The van der Waals surface area contributed by atoms with E-state index in [-0.39, 0.29) is 11.2 Å². The molecule has 6 nitrogen and oxygen atoms in total. The van der Waals surface area contributed by atoms with E-state index in [2.05, 4.69) is 26.1 Å². The van der Waals surface area contributed by atoms with Crippen molar-refractivity contribution in [1.82, 2.24) is 4.90 Å². The highest BCUT2D eigenvalue weighted by Gasteiger charge is 2.35. The van der Waals surface area contributed by atoms with Crippen molar-refractivity contribution in [2.45, 2.75) is 18.7 Å². The molecular formula is C20H20BrN3O3S. The number of methoxy groups -OCH3 is 2. The Kier molecular flexibility index (Phi) is 6.74. The number of carbonyl (C=O) groups is 1. The third kappa shape index (κ3) is 4.74. The minimum atomic E-state index is -0.187. The van der Waals surface area contributed by atoms with Gasteiger partial charge in [-0.2, -0.15) is 5.10 Å².